The molecular formula is C44H69N3O7. The number of amides is 3. The molecule has 4 saturated carbocycles. The van der Waals surface area contributed by atoms with Crippen molar-refractivity contribution < 1.29 is 33.5 Å². The lowest BCUT2D eigenvalue weighted by Gasteiger charge is -2.45. The van der Waals surface area contributed by atoms with E-state index in [0.29, 0.717) is 45.1 Å². The number of morpholine rings is 1. The van der Waals surface area contributed by atoms with Gasteiger partial charge in [0, 0.05) is 55.5 Å². The van der Waals surface area contributed by atoms with Gasteiger partial charge in [0.25, 0.3) is 5.91 Å². The van der Waals surface area contributed by atoms with E-state index in [9.17, 15) is 24.0 Å². The van der Waals surface area contributed by atoms with Crippen LogP contribution in [0.3, 0.4) is 0 Å². The lowest BCUT2D eigenvalue weighted by atomic mass is 9.73. The summed E-state index contributed by atoms with van der Waals surface area (Å²) in [6.45, 7) is 16.5. The monoisotopic (exact) mass is 752 g/mol. The molecule has 6 fully saturated rings. The Morgan fingerprint density at radius 3 is 2.00 bits per heavy atom. The molecule has 6 rings (SSSR count). The van der Waals surface area contributed by atoms with Crippen LogP contribution in [-0.2, 0) is 33.5 Å². The summed E-state index contributed by atoms with van der Waals surface area (Å²) in [5.41, 5.74) is 4.26. The summed E-state index contributed by atoms with van der Waals surface area (Å²) >= 11 is 0. The fourth-order valence-corrected chi connectivity index (χ4v) is 12.1. The maximum atomic E-state index is 15.1. The van der Waals surface area contributed by atoms with Gasteiger partial charge in [-0.25, -0.2) is 0 Å². The average molecular weight is 752 g/mol. The zero-order valence-corrected chi connectivity index (χ0v) is 34.4. The van der Waals surface area contributed by atoms with Crippen LogP contribution in [0, 0.1) is 51.2 Å². The zero-order chi connectivity index (χ0) is 39.4. The molecule has 0 aromatic carbocycles. The van der Waals surface area contributed by atoms with Crippen LogP contribution in [0.2, 0.25) is 0 Å². The first kappa shape index (κ1) is 41.0. The highest BCUT2D eigenvalue weighted by Gasteiger charge is 2.85. The number of ketones is 3. The Morgan fingerprint density at radius 2 is 1.48 bits per heavy atom. The fraction of sp³-hybridized carbons (Fsp3) is 0.864. The standard InChI is InChI=1S/C44H69N3O7/c1-40(2,3)33(24-31(48)23-32(29-15-9-8-10-16-29)38(52)47-19-20-54-27-41(47,4)5)39(53)46-26-44(42(6,7)43(44)17-12-18-43)25-34(46)35(49)22-30(36(50)37(45)51)21-28-13-11-14-28/h28-30,32-34H,8-27H2,1-7H3,(H2,45,51)/t30?,32-,33+,34-,44+/m0/s1. The largest absolute Gasteiger partial charge is 0.377 e. The Morgan fingerprint density at radius 1 is 0.815 bits per heavy atom. The van der Waals surface area contributed by atoms with E-state index in [4.69, 9.17) is 10.5 Å². The van der Waals surface area contributed by atoms with Crippen molar-refractivity contribution in [2.24, 2.45) is 57.0 Å². The van der Waals surface area contributed by atoms with E-state index in [1.165, 1.54) is 0 Å². The normalized spacial score (nSPS) is 29.2. The molecule has 3 amide bonds. The zero-order valence-electron chi connectivity index (χ0n) is 34.4. The quantitative estimate of drug-likeness (QED) is 0.201. The van der Waals surface area contributed by atoms with Gasteiger partial charge in [-0.1, -0.05) is 79.6 Å². The molecule has 4 aliphatic carbocycles. The fourth-order valence-electron chi connectivity index (χ4n) is 12.1. The average Bonchev–Trinajstić information content (AvgIpc) is 3.27. The Bertz CT molecular complexity index is 1500. The third kappa shape index (κ3) is 7.24. The number of likely N-dealkylation sites (tertiary alicyclic amines) is 1. The molecule has 2 spiro atoms. The Kier molecular flexibility index (Phi) is 11.4. The van der Waals surface area contributed by atoms with Gasteiger partial charge in [0.05, 0.1) is 24.8 Å². The van der Waals surface area contributed by atoms with Crippen LogP contribution in [-0.4, -0.2) is 82.8 Å². The molecule has 302 valence electrons. The minimum Gasteiger partial charge on any atom is -0.377 e. The lowest BCUT2D eigenvalue weighted by molar-refractivity contribution is -0.155. The second kappa shape index (κ2) is 15.0. The predicted octanol–water partition coefficient (Wildman–Crippen LogP) is 6.45. The van der Waals surface area contributed by atoms with Crippen molar-refractivity contribution in [3.63, 3.8) is 0 Å². The summed E-state index contributed by atoms with van der Waals surface area (Å²) in [7, 11) is 0. The van der Waals surface area contributed by atoms with Gasteiger partial charge >= 0.3 is 0 Å². The van der Waals surface area contributed by atoms with Gasteiger partial charge in [-0.2, -0.15) is 0 Å². The number of hydrogen-bond donors (Lipinski definition) is 1. The van der Waals surface area contributed by atoms with E-state index in [-0.39, 0.29) is 64.8 Å². The summed E-state index contributed by atoms with van der Waals surface area (Å²) < 4.78 is 5.72. The minimum absolute atomic E-state index is 0.00868. The van der Waals surface area contributed by atoms with Crippen molar-refractivity contribution in [3.05, 3.63) is 0 Å². The van der Waals surface area contributed by atoms with Crippen LogP contribution >= 0.6 is 0 Å². The van der Waals surface area contributed by atoms with E-state index in [0.717, 1.165) is 70.6 Å². The summed E-state index contributed by atoms with van der Waals surface area (Å²) in [6.07, 6.45) is 12.4. The smallest absolute Gasteiger partial charge is 0.285 e. The van der Waals surface area contributed by atoms with Gasteiger partial charge in [-0.05, 0) is 80.5 Å². The van der Waals surface area contributed by atoms with Crippen LogP contribution in [0.15, 0.2) is 0 Å². The van der Waals surface area contributed by atoms with Crippen LogP contribution in [0.25, 0.3) is 0 Å². The first-order valence-electron chi connectivity index (χ1n) is 21.3. The summed E-state index contributed by atoms with van der Waals surface area (Å²) in [4.78, 5) is 87.2. The summed E-state index contributed by atoms with van der Waals surface area (Å²) in [5.74, 6) is -3.57. The van der Waals surface area contributed by atoms with Crippen molar-refractivity contribution in [3.8, 4) is 0 Å². The number of ether oxygens (including phenoxy) is 1. The molecule has 0 radical (unpaired) electrons. The highest BCUT2D eigenvalue weighted by atomic mass is 16.5. The molecule has 0 aromatic heterocycles. The van der Waals surface area contributed by atoms with E-state index in [1.807, 2.05) is 39.5 Å². The van der Waals surface area contributed by atoms with Gasteiger partial charge in [-0.15, -0.1) is 0 Å². The topological polar surface area (TPSA) is 144 Å². The number of nitrogens with two attached hydrogens (primary N) is 1. The van der Waals surface area contributed by atoms with Crippen LogP contribution in [0.1, 0.15) is 151 Å². The number of nitrogens with zero attached hydrogens (tertiary/aromatic N) is 2. The van der Waals surface area contributed by atoms with Gasteiger partial charge in [0.2, 0.25) is 17.6 Å². The van der Waals surface area contributed by atoms with Crippen molar-refractivity contribution in [1.82, 2.24) is 9.80 Å². The van der Waals surface area contributed by atoms with Crippen LogP contribution < -0.4 is 5.73 Å². The summed E-state index contributed by atoms with van der Waals surface area (Å²) in [5, 5.41) is 0. The molecule has 1 unspecified atom stereocenters. The van der Waals surface area contributed by atoms with Crippen molar-refractivity contribution in [2.75, 3.05) is 26.3 Å². The molecule has 2 N–H and O–H groups in total. The van der Waals surface area contributed by atoms with Crippen molar-refractivity contribution in [2.45, 2.75) is 163 Å². The number of Topliss-reactive ketones (excluding diaryl/α,β-unsaturated/α-hetero) is 3. The molecule has 10 heteroatoms. The maximum absolute atomic E-state index is 15.1. The Balaban J connectivity index is 1.25. The molecule has 54 heavy (non-hydrogen) atoms. The molecule has 10 nitrogen and oxygen atoms in total. The van der Waals surface area contributed by atoms with Crippen LogP contribution in [0.4, 0.5) is 0 Å². The van der Waals surface area contributed by atoms with Gasteiger partial charge in [0.1, 0.15) is 5.78 Å². The minimum atomic E-state index is -1.01. The third-order valence-electron chi connectivity index (χ3n) is 16.0. The number of fused-ring (bicyclic) bond motifs is 1. The van der Waals surface area contributed by atoms with Crippen LogP contribution in [0.5, 0.6) is 0 Å². The Hall–Kier alpha value is -2.62. The highest BCUT2D eigenvalue weighted by molar-refractivity contribution is 6.36. The predicted molar refractivity (Wildman–Crippen MR) is 206 cm³/mol. The number of rotatable bonds is 14. The number of carbonyl (C=O) groups is 6. The van der Waals surface area contributed by atoms with Gasteiger partial charge < -0.3 is 20.3 Å². The first-order chi connectivity index (χ1) is 25.3. The van der Waals surface area contributed by atoms with E-state index >= 15 is 4.79 Å². The first-order valence-corrected chi connectivity index (χ1v) is 21.3. The van der Waals surface area contributed by atoms with Gasteiger partial charge in [-0.3, -0.25) is 28.8 Å². The van der Waals surface area contributed by atoms with E-state index in [2.05, 4.69) is 13.8 Å². The molecule has 0 bridgehead atoms. The molecule has 2 saturated heterocycles. The van der Waals surface area contributed by atoms with Crippen molar-refractivity contribution in [1.29, 1.82) is 0 Å². The number of hydrogen-bond acceptors (Lipinski definition) is 7. The molecule has 5 atom stereocenters. The number of carbonyl (C=O) groups excluding carboxylic acids is 6. The molecule has 2 aliphatic heterocycles. The number of primary amides is 1. The third-order valence-corrected chi connectivity index (χ3v) is 16.0. The highest BCUT2D eigenvalue weighted by Crippen LogP contribution is 2.88. The second-order valence-corrected chi connectivity index (χ2v) is 20.7. The molecule has 0 aromatic rings. The second-order valence-electron chi connectivity index (χ2n) is 20.7. The van der Waals surface area contributed by atoms with E-state index < -0.39 is 46.4 Å². The van der Waals surface area contributed by atoms with Crippen molar-refractivity contribution >= 4 is 35.1 Å². The van der Waals surface area contributed by atoms with E-state index in [1.54, 1.807) is 4.90 Å². The molecular weight excluding hydrogens is 682 g/mol. The molecule has 2 heterocycles. The Labute approximate surface area is 323 Å². The lowest BCUT2D eigenvalue weighted by Crippen LogP contribution is -2.58. The maximum Gasteiger partial charge on any atom is 0.285 e. The van der Waals surface area contributed by atoms with Gasteiger partial charge in [0.15, 0.2) is 5.78 Å². The summed E-state index contributed by atoms with van der Waals surface area (Å²) in [6, 6.07) is -0.721. The molecule has 6 aliphatic rings. The SMILES string of the molecule is CC(C)(C)[C@H](CC(=O)C[C@H](C(=O)N1CCOCC1(C)C)C1CCCCC1)C(=O)N1C[C@]2(C[C@H]1C(=O)CC(CC1CCC1)C(=O)C(N)=O)C(C)(C)C21CCC1.